The van der Waals surface area contributed by atoms with Crippen LogP contribution in [0.15, 0.2) is 0 Å². The third kappa shape index (κ3) is 2.91. The van der Waals surface area contributed by atoms with Crippen molar-refractivity contribution in [1.82, 2.24) is 10.6 Å². The molecule has 5 atom stereocenters. The Bertz CT molecular complexity index is 399. The summed E-state index contributed by atoms with van der Waals surface area (Å²) in [5, 5.41) is 14.7. The molecule has 5 nitrogen and oxygen atoms in total. The summed E-state index contributed by atoms with van der Waals surface area (Å²) >= 11 is 0. The van der Waals surface area contributed by atoms with Gasteiger partial charge in [0.2, 0.25) is 0 Å². The zero-order chi connectivity index (χ0) is 14.9. The normalized spacial score (nSPS) is 32.5. The third-order valence-electron chi connectivity index (χ3n) is 5.36. The molecule has 2 fully saturated rings. The Morgan fingerprint density at radius 1 is 1.35 bits per heavy atom. The highest BCUT2D eigenvalue weighted by Crippen LogP contribution is 2.49. The molecule has 2 aliphatic carbocycles. The van der Waals surface area contributed by atoms with Crippen LogP contribution in [0.1, 0.15) is 52.9 Å². The number of carboxylic acid groups (broad SMARTS) is 1. The fraction of sp³-hybridized carbons (Fsp3) is 0.867. The quantitative estimate of drug-likeness (QED) is 0.724. The summed E-state index contributed by atoms with van der Waals surface area (Å²) in [6, 6.07) is -0.257. The topological polar surface area (TPSA) is 78.4 Å². The number of nitrogens with one attached hydrogen (secondary N) is 2. The Morgan fingerprint density at radius 2 is 2.05 bits per heavy atom. The van der Waals surface area contributed by atoms with Gasteiger partial charge in [0.05, 0.1) is 0 Å². The van der Waals surface area contributed by atoms with Gasteiger partial charge in [-0.2, -0.15) is 0 Å². The number of carbonyl (C=O) groups excluding carboxylic acids is 1. The van der Waals surface area contributed by atoms with Crippen LogP contribution >= 0.6 is 0 Å². The molecule has 0 radical (unpaired) electrons. The summed E-state index contributed by atoms with van der Waals surface area (Å²) in [5.74, 6) is 1.14. The SMILES string of the molecule is CCC(C)(NC(=O)NC(C)C1CC2CCC1C2)C(=O)O. The van der Waals surface area contributed by atoms with Crippen LogP contribution < -0.4 is 10.6 Å². The van der Waals surface area contributed by atoms with Gasteiger partial charge in [-0.3, -0.25) is 0 Å². The van der Waals surface area contributed by atoms with E-state index in [-0.39, 0.29) is 12.1 Å². The second kappa shape index (κ2) is 5.62. The van der Waals surface area contributed by atoms with E-state index in [2.05, 4.69) is 10.6 Å². The van der Waals surface area contributed by atoms with Crippen molar-refractivity contribution in [1.29, 1.82) is 0 Å². The van der Waals surface area contributed by atoms with Crippen LogP contribution in [0.3, 0.4) is 0 Å². The van der Waals surface area contributed by atoms with Gasteiger partial charge >= 0.3 is 12.0 Å². The molecule has 3 N–H and O–H groups in total. The predicted molar refractivity (Wildman–Crippen MR) is 76.4 cm³/mol. The summed E-state index contributed by atoms with van der Waals surface area (Å²) in [7, 11) is 0. The van der Waals surface area contributed by atoms with Crippen LogP contribution in [0.25, 0.3) is 0 Å². The number of hydrogen-bond donors (Lipinski definition) is 3. The maximum Gasteiger partial charge on any atom is 0.329 e. The molecule has 2 rings (SSSR count). The van der Waals surface area contributed by atoms with Gasteiger partial charge in [-0.25, -0.2) is 9.59 Å². The molecule has 2 amide bonds. The van der Waals surface area contributed by atoms with Crippen LogP contribution in [-0.2, 0) is 4.79 Å². The Morgan fingerprint density at radius 3 is 2.50 bits per heavy atom. The van der Waals surface area contributed by atoms with Crippen LogP contribution in [0.2, 0.25) is 0 Å². The second-order valence-corrected chi connectivity index (χ2v) is 6.72. The molecule has 2 saturated carbocycles. The number of carboxylic acids is 1. The van der Waals surface area contributed by atoms with Crippen molar-refractivity contribution >= 4 is 12.0 Å². The third-order valence-corrected chi connectivity index (χ3v) is 5.36. The lowest BCUT2D eigenvalue weighted by molar-refractivity contribution is -0.143. The molecule has 0 aromatic heterocycles. The largest absolute Gasteiger partial charge is 0.480 e. The lowest BCUT2D eigenvalue weighted by Crippen LogP contribution is -2.56. The highest BCUT2D eigenvalue weighted by atomic mass is 16.4. The minimum Gasteiger partial charge on any atom is -0.480 e. The Balaban J connectivity index is 1.86. The molecule has 0 aromatic carbocycles. The van der Waals surface area contributed by atoms with Crippen molar-refractivity contribution < 1.29 is 14.7 Å². The minimum atomic E-state index is -1.20. The minimum absolute atomic E-state index is 0.111. The first-order valence-electron chi connectivity index (χ1n) is 7.67. The first kappa shape index (κ1) is 15.1. The Hall–Kier alpha value is -1.26. The first-order chi connectivity index (χ1) is 9.35. The van der Waals surface area contributed by atoms with Crippen molar-refractivity contribution in [2.24, 2.45) is 17.8 Å². The fourth-order valence-corrected chi connectivity index (χ4v) is 3.80. The smallest absolute Gasteiger partial charge is 0.329 e. The molecule has 20 heavy (non-hydrogen) atoms. The highest BCUT2D eigenvalue weighted by Gasteiger charge is 2.42. The predicted octanol–water partition coefficient (Wildman–Crippen LogP) is 2.36. The monoisotopic (exact) mass is 282 g/mol. The van der Waals surface area contributed by atoms with Crippen LogP contribution in [0, 0.1) is 17.8 Å². The Labute approximate surface area is 120 Å². The van der Waals surface area contributed by atoms with Crippen LogP contribution in [-0.4, -0.2) is 28.7 Å². The molecule has 0 aliphatic heterocycles. The van der Waals surface area contributed by atoms with Crippen molar-refractivity contribution in [2.75, 3.05) is 0 Å². The van der Waals surface area contributed by atoms with E-state index in [0.717, 1.165) is 11.8 Å². The Kier molecular flexibility index (Phi) is 4.25. The fourth-order valence-electron chi connectivity index (χ4n) is 3.80. The number of hydrogen-bond acceptors (Lipinski definition) is 2. The zero-order valence-electron chi connectivity index (χ0n) is 12.6. The lowest BCUT2D eigenvalue weighted by atomic mass is 9.84. The van der Waals surface area contributed by atoms with Gasteiger partial charge in [-0.15, -0.1) is 0 Å². The molecular formula is C15H26N2O3. The van der Waals surface area contributed by atoms with E-state index in [1.54, 1.807) is 6.92 Å². The van der Waals surface area contributed by atoms with Crippen molar-refractivity contribution in [3.05, 3.63) is 0 Å². The van der Waals surface area contributed by atoms with E-state index < -0.39 is 11.5 Å². The summed E-state index contributed by atoms with van der Waals surface area (Å²) in [4.78, 5) is 23.2. The highest BCUT2D eigenvalue weighted by molar-refractivity contribution is 5.85. The molecule has 0 heterocycles. The van der Waals surface area contributed by atoms with Gasteiger partial charge < -0.3 is 15.7 Å². The van der Waals surface area contributed by atoms with Gasteiger partial charge in [0.25, 0.3) is 0 Å². The average Bonchev–Trinajstić information content (AvgIpc) is 3.00. The van der Waals surface area contributed by atoms with Gasteiger partial charge in [0.1, 0.15) is 5.54 Å². The number of carbonyl (C=O) groups is 2. The molecule has 0 aromatic rings. The molecular weight excluding hydrogens is 256 g/mol. The number of rotatable bonds is 5. The number of fused-ring (bicyclic) bond motifs is 2. The zero-order valence-corrected chi connectivity index (χ0v) is 12.6. The van der Waals surface area contributed by atoms with Gasteiger partial charge in [0.15, 0.2) is 0 Å². The number of aliphatic carboxylic acids is 1. The van der Waals surface area contributed by atoms with Gasteiger partial charge in [-0.1, -0.05) is 13.3 Å². The number of urea groups is 1. The maximum atomic E-state index is 12.0. The molecule has 0 spiro atoms. The maximum absolute atomic E-state index is 12.0. The summed E-state index contributed by atoms with van der Waals surface area (Å²) in [5.41, 5.74) is -1.20. The van der Waals surface area contributed by atoms with Crippen molar-refractivity contribution in [3.63, 3.8) is 0 Å². The second-order valence-electron chi connectivity index (χ2n) is 6.72. The van der Waals surface area contributed by atoms with Crippen LogP contribution in [0.4, 0.5) is 4.79 Å². The molecule has 5 heteroatoms. The van der Waals surface area contributed by atoms with E-state index in [1.807, 2.05) is 6.92 Å². The van der Waals surface area contributed by atoms with E-state index in [1.165, 1.54) is 32.6 Å². The summed E-state index contributed by atoms with van der Waals surface area (Å²) in [6.45, 7) is 5.33. The van der Waals surface area contributed by atoms with E-state index in [4.69, 9.17) is 0 Å². The number of amides is 2. The van der Waals surface area contributed by atoms with E-state index in [9.17, 15) is 14.7 Å². The van der Waals surface area contributed by atoms with Gasteiger partial charge in [-0.05, 0) is 57.3 Å². The summed E-state index contributed by atoms with van der Waals surface area (Å²) < 4.78 is 0. The van der Waals surface area contributed by atoms with Gasteiger partial charge in [0, 0.05) is 6.04 Å². The molecule has 2 bridgehead atoms. The molecule has 2 aliphatic rings. The van der Waals surface area contributed by atoms with Crippen molar-refractivity contribution in [3.8, 4) is 0 Å². The lowest BCUT2D eigenvalue weighted by Gasteiger charge is -2.30. The standard InChI is InChI=1S/C15H26N2O3/c1-4-15(3,13(18)19)17-14(20)16-9(2)12-8-10-5-6-11(12)7-10/h9-12H,4-8H2,1-3H3,(H,18,19)(H2,16,17,20). The average molecular weight is 282 g/mol. The molecule has 114 valence electrons. The first-order valence-corrected chi connectivity index (χ1v) is 7.67. The van der Waals surface area contributed by atoms with Crippen LogP contribution in [0.5, 0.6) is 0 Å². The van der Waals surface area contributed by atoms with E-state index in [0.29, 0.717) is 12.3 Å². The van der Waals surface area contributed by atoms with Crippen molar-refractivity contribution in [2.45, 2.75) is 64.5 Å². The summed E-state index contributed by atoms with van der Waals surface area (Å²) in [6.07, 6.45) is 5.49. The molecule has 0 saturated heterocycles. The van der Waals surface area contributed by atoms with E-state index >= 15 is 0 Å². The molecule has 5 unspecified atom stereocenters.